The molecule has 0 radical (unpaired) electrons. The van der Waals surface area contributed by atoms with E-state index in [9.17, 15) is 0 Å². The fraction of sp³-hybridized carbons (Fsp3) is 0.417. The summed E-state index contributed by atoms with van der Waals surface area (Å²) in [6.45, 7) is 2.62. The highest BCUT2D eigenvalue weighted by Gasteiger charge is 2.28. The number of rotatable bonds is 3. The van der Waals surface area contributed by atoms with E-state index in [1.165, 1.54) is 76.0 Å². The van der Waals surface area contributed by atoms with Crippen LogP contribution in [0.25, 0.3) is 10.1 Å². The van der Waals surface area contributed by atoms with E-state index in [2.05, 4.69) is 68.7 Å². The molecule has 2 aliphatic rings. The van der Waals surface area contributed by atoms with Gasteiger partial charge in [0.05, 0.1) is 0 Å². The summed E-state index contributed by atoms with van der Waals surface area (Å²) >= 11 is 7.47. The van der Waals surface area contributed by atoms with Crippen molar-refractivity contribution in [2.45, 2.75) is 60.3 Å². The lowest BCUT2D eigenvalue weighted by Gasteiger charge is -2.33. The number of hydrogen-bond donors (Lipinski definition) is 0. The van der Waals surface area contributed by atoms with Crippen LogP contribution in [-0.2, 0) is 0 Å². The summed E-state index contributed by atoms with van der Waals surface area (Å²) in [4.78, 5) is 5.40. The minimum Gasteiger partial charge on any atom is -0.300 e. The minimum absolute atomic E-state index is 0.725. The van der Waals surface area contributed by atoms with Gasteiger partial charge in [-0.2, -0.15) is 0 Å². The van der Waals surface area contributed by atoms with Gasteiger partial charge in [0, 0.05) is 25.0 Å². The number of nitrogens with zero attached hydrogens (tertiary/aromatic N) is 1. The summed E-state index contributed by atoms with van der Waals surface area (Å²) in [5, 5.41) is 3.94. The van der Waals surface area contributed by atoms with Crippen molar-refractivity contribution in [3.8, 4) is 0 Å². The van der Waals surface area contributed by atoms with Crippen LogP contribution in [0.1, 0.15) is 50.0 Å². The molecular formula is C24H26BrNS2. The molecule has 5 rings (SSSR count). The molecule has 3 aromatic rings. The number of piperidine rings is 1. The van der Waals surface area contributed by atoms with Crippen LogP contribution in [0.4, 0.5) is 0 Å². The third kappa shape index (κ3) is 3.94. The largest absolute Gasteiger partial charge is 0.300 e. The van der Waals surface area contributed by atoms with E-state index in [1.54, 1.807) is 5.56 Å². The first-order chi connectivity index (χ1) is 13.8. The molecule has 146 valence electrons. The van der Waals surface area contributed by atoms with Gasteiger partial charge in [-0.1, -0.05) is 30.3 Å². The topological polar surface area (TPSA) is 3.24 Å². The van der Waals surface area contributed by atoms with Gasteiger partial charge < -0.3 is 4.90 Å². The molecule has 0 saturated carbocycles. The Morgan fingerprint density at radius 2 is 1.89 bits per heavy atom. The summed E-state index contributed by atoms with van der Waals surface area (Å²) in [6, 6.07) is 16.4. The van der Waals surface area contributed by atoms with Gasteiger partial charge in [-0.3, -0.25) is 0 Å². The van der Waals surface area contributed by atoms with Crippen LogP contribution >= 0.6 is 39.0 Å². The predicted octanol–water partition coefficient (Wildman–Crippen LogP) is 7.94. The van der Waals surface area contributed by atoms with Crippen LogP contribution in [0.5, 0.6) is 0 Å². The predicted molar refractivity (Wildman–Crippen MR) is 126 cm³/mol. The SMILES string of the molecule is Brc1ccccc1Sc1ccc2scc(C3CCC4CCCCN4CC3)c2c1. The molecular weight excluding hydrogens is 446 g/mol. The Balaban J connectivity index is 1.41. The Morgan fingerprint density at radius 3 is 2.82 bits per heavy atom. The van der Waals surface area contributed by atoms with E-state index >= 15 is 0 Å². The molecule has 2 aliphatic heterocycles. The molecule has 2 saturated heterocycles. The number of thiophene rings is 1. The Morgan fingerprint density at radius 1 is 0.964 bits per heavy atom. The van der Waals surface area contributed by atoms with Crippen molar-refractivity contribution in [2.24, 2.45) is 0 Å². The lowest BCUT2D eigenvalue weighted by molar-refractivity contribution is 0.151. The Hall–Kier alpha value is -0.810. The molecule has 1 aromatic heterocycles. The molecule has 2 unspecified atom stereocenters. The first kappa shape index (κ1) is 19.2. The molecule has 1 nitrogen and oxygen atoms in total. The monoisotopic (exact) mass is 471 g/mol. The van der Waals surface area contributed by atoms with Crippen LogP contribution in [0.15, 0.2) is 62.1 Å². The molecule has 0 N–H and O–H groups in total. The van der Waals surface area contributed by atoms with Gasteiger partial charge in [0.2, 0.25) is 0 Å². The van der Waals surface area contributed by atoms with Crippen molar-refractivity contribution < 1.29 is 0 Å². The van der Waals surface area contributed by atoms with E-state index in [1.807, 2.05) is 23.1 Å². The standard InChI is InChI=1S/C24H26BrNS2/c25-22-6-1-2-7-24(22)28-19-10-11-23-20(15-19)21(16-27-23)17-8-9-18-5-3-4-13-26(18)14-12-17/h1-2,6-7,10-11,15-18H,3-5,8-9,12-14H2. The normalized spacial score (nSPS) is 23.5. The number of hydrogen-bond acceptors (Lipinski definition) is 3. The van der Waals surface area contributed by atoms with Gasteiger partial charge in [0.15, 0.2) is 0 Å². The second kappa shape index (κ2) is 8.51. The maximum atomic E-state index is 3.69. The third-order valence-corrected chi connectivity index (χ3v) is 9.44. The van der Waals surface area contributed by atoms with Crippen molar-refractivity contribution in [3.63, 3.8) is 0 Å². The fourth-order valence-electron chi connectivity index (χ4n) is 4.91. The molecule has 0 amide bonds. The fourth-order valence-corrected chi connectivity index (χ4v) is 7.34. The zero-order valence-electron chi connectivity index (χ0n) is 16.1. The minimum atomic E-state index is 0.725. The average Bonchev–Trinajstić information content (AvgIpc) is 3.01. The van der Waals surface area contributed by atoms with Crippen LogP contribution in [0.2, 0.25) is 0 Å². The van der Waals surface area contributed by atoms with Crippen molar-refractivity contribution in [2.75, 3.05) is 13.1 Å². The first-order valence-electron chi connectivity index (χ1n) is 10.5. The second-order valence-corrected chi connectivity index (χ2v) is 11.0. The number of halogens is 1. The summed E-state index contributed by atoms with van der Waals surface area (Å²) in [6.07, 6.45) is 8.32. The van der Waals surface area contributed by atoms with Crippen LogP contribution in [0, 0.1) is 0 Å². The summed E-state index contributed by atoms with van der Waals surface area (Å²) < 4.78 is 2.61. The highest BCUT2D eigenvalue weighted by molar-refractivity contribution is 9.10. The van der Waals surface area contributed by atoms with Crippen molar-refractivity contribution in [3.05, 3.63) is 57.9 Å². The summed E-state index contributed by atoms with van der Waals surface area (Å²) in [5.74, 6) is 0.725. The smallest absolute Gasteiger partial charge is 0.0346 e. The van der Waals surface area contributed by atoms with Gasteiger partial charge in [-0.05, 0) is 114 Å². The van der Waals surface area contributed by atoms with Crippen LogP contribution in [-0.4, -0.2) is 24.0 Å². The lowest BCUT2D eigenvalue weighted by Crippen LogP contribution is -2.38. The maximum Gasteiger partial charge on any atom is 0.0346 e. The highest BCUT2D eigenvalue weighted by atomic mass is 79.9. The van der Waals surface area contributed by atoms with E-state index in [4.69, 9.17) is 0 Å². The van der Waals surface area contributed by atoms with Gasteiger partial charge in [-0.25, -0.2) is 0 Å². The molecule has 2 atom stereocenters. The third-order valence-electron chi connectivity index (χ3n) is 6.44. The maximum absolute atomic E-state index is 3.69. The number of fused-ring (bicyclic) bond motifs is 2. The zero-order chi connectivity index (χ0) is 18.9. The molecule has 4 heteroatoms. The second-order valence-electron chi connectivity index (χ2n) is 8.13. The molecule has 28 heavy (non-hydrogen) atoms. The molecule has 3 heterocycles. The zero-order valence-corrected chi connectivity index (χ0v) is 19.3. The van der Waals surface area contributed by atoms with Crippen molar-refractivity contribution >= 4 is 49.1 Å². The van der Waals surface area contributed by atoms with Crippen molar-refractivity contribution in [1.82, 2.24) is 4.90 Å². The van der Waals surface area contributed by atoms with Crippen LogP contribution < -0.4 is 0 Å². The van der Waals surface area contributed by atoms with E-state index < -0.39 is 0 Å². The molecule has 0 bridgehead atoms. The van der Waals surface area contributed by atoms with E-state index in [0.717, 1.165) is 12.0 Å². The van der Waals surface area contributed by atoms with Gasteiger partial charge in [0.1, 0.15) is 0 Å². The Labute approximate surface area is 184 Å². The Kier molecular flexibility index (Phi) is 5.83. The van der Waals surface area contributed by atoms with Crippen molar-refractivity contribution in [1.29, 1.82) is 0 Å². The first-order valence-corrected chi connectivity index (χ1v) is 12.9. The molecule has 0 aliphatic carbocycles. The number of benzene rings is 2. The van der Waals surface area contributed by atoms with Gasteiger partial charge in [0.25, 0.3) is 0 Å². The lowest BCUT2D eigenvalue weighted by atomic mass is 9.90. The highest BCUT2D eigenvalue weighted by Crippen LogP contribution is 2.41. The van der Waals surface area contributed by atoms with Crippen LogP contribution in [0.3, 0.4) is 0 Å². The molecule has 2 aromatic carbocycles. The van der Waals surface area contributed by atoms with Gasteiger partial charge in [-0.15, -0.1) is 11.3 Å². The van der Waals surface area contributed by atoms with E-state index in [0.29, 0.717) is 0 Å². The Bertz CT molecular complexity index is 950. The van der Waals surface area contributed by atoms with E-state index in [-0.39, 0.29) is 0 Å². The average molecular weight is 473 g/mol. The summed E-state index contributed by atoms with van der Waals surface area (Å²) in [7, 11) is 0. The summed E-state index contributed by atoms with van der Waals surface area (Å²) in [5.41, 5.74) is 1.61. The quantitative estimate of drug-likeness (QED) is 0.381. The molecule has 2 fully saturated rings. The van der Waals surface area contributed by atoms with Gasteiger partial charge >= 0.3 is 0 Å². The molecule has 0 spiro atoms.